The van der Waals surface area contributed by atoms with E-state index in [4.69, 9.17) is 4.42 Å². The fourth-order valence-corrected chi connectivity index (χ4v) is 2.62. The van der Waals surface area contributed by atoms with Gasteiger partial charge in [0.05, 0.1) is 0 Å². The predicted octanol–water partition coefficient (Wildman–Crippen LogP) is 4.25. The molecule has 112 valence electrons. The molecule has 2 aromatic heterocycles. The van der Waals surface area contributed by atoms with Gasteiger partial charge in [-0.15, -0.1) is 0 Å². The third-order valence-corrected chi connectivity index (χ3v) is 3.77. The fraction of sp³-hybridized carbons (Fsp3) is 0.412. The summed E-state index contributed by atoms with van der Waals surface area (Å²) in [5.41, 5.74) is 5.36. The summed E-state index contributed by atoms with van der Waals surface area (Å²) in [6.45, 7) is 8.65. The monoisotopic (exact) mass is 285 g/mol. The molecule has 0 atom stereocenters. The first kappa shape index (κ1) is 13.9. The number of benzene rings is 1. The van der Waals surface area contributed by atoms with Crippen molar-refractivity contribution in [3.05, 3.63) is 47.4 Å². The molecule has 0 aliphatic heterocycles. The molecular weight excluding hydrogens is 262 g/mol. The van der Waals surface area contributed by atoms with Crippen LogP contribution in [0, 0.1) is 0 Å². The molecule has 21 heavy (non-hydrogen) atoms. The molecule has 0 unspecified atom stereocenters. The highest BCUT2D eigenvalue weighted by Gasteiger charge is 2.21. The standard InChI is InChI=1S/C17H21N3O.H2/c1-5-14-18-9-12(20-14)8-11-6-7-13(17(2,3)4)16-15(11)19-10-21-16;/h6-7,9-10H,5,8H2,1-4H3,(H,18,20);1H. The van der Waals surface area contributed by atoms with Gasteiger partial charge in [0, 0.05) is 31.7 Å². The maximum Gasteiger partial charge on any atom is 0.182 e. The van der Waals surface area contributed by atoms with Gasteiger partial charge in [0.25, 0.3) is 0 Å². The molecule has 3 aromatic rings. The normalized spacial score (nSPS) is 12.2. The number of aryl methyl sites for hydroxylation is 1. The highest BCUT2D eigenvalue weighted by atomic mass is 16.3. The van der Waals surface area contributed by atoms with Crippen LogP contribution < -0.4 is 0 Å². The Hall–Kier alpha value is -2.10. The van der Waals surface area contributed by atoms with E-state index >= 15 is 0 Å². The average Bonchev–Trinajstić information content (AvgIpc) is 3.05. The number of hydrogen-bond acceptors (Lipinski definition) is 3. The van der Waals surface area contributed by atoms with Gasteiger partial charge in [-0.2, -0.15) is 0 Å². The molecule has 0 aliphatic rings. The molecule has 1 N–H and O–H groups in total. The van der Waals surface area contributed by atoms with E-state index in [0.29, 0.717) is 0 Å². The maximum absolute atomic E-state index is 5.64. The molecule has 0 saturated carbocycles. The zero-order valence-electron chi connectivity index (χ0n) is 13.0. The van der Waals surface area contributed by atoms with Crippen molar-refractivity contribution in [2.24, 2.45) is 0 Å². The topological polar surface area (TPSA) is 54.7 Å². The molecule has 0 radical (unpaired) electrons. The Morgan fingerprint density at radius 2 is 2.05 bits per heavy atom. The Balaban J connectivity index is 0.00000176. The van der Waals surface area contributed by atoms with Gasteiger partial charge in [-0.05, 0) is 11.0 Å². The first-order chi connectivity index (χ1) is 9.99. The Morgan fingerprint density at radius 3 is 2.71 bits per heavy atom. The van der Waals surface area contributed by atoms with Crippen LogP contribution in [0.5, 0.6) is 0 Å². The maximum atomic E-state index is 5.64. The molecule has 0 fully saturated rings. The summed E-state index contributed by atoms with van der Waals surface area (Å²) in [5.74, 6) is 1.02. The lowest BCUT2D eigenvalue weighted by Gasteiger charge is -2.19. The molecule has 0 saturated heterocycles. The third-order valence-electron chi connectivity index (χ3n) is 3.77. The van der Waals surface area contributed by atoms with Crippen molar-refractivity contribution in [3.8, 4) is 0 Å². The van der Waals surface area contributed by atoms with E-state index in [9.17, 15) is 0 Å². The van der Waals surface area contributed by atoms with Gasteiger partial charge >= 0.3 is 0 Å². The van der Waals surface area contributed by atoms with E-state index in [2.05, 4.69) is 54.8 Å². The van der Waals surface area contributed by atoms with Gasteiger partial charge in [0.15, 0.2) is 12.0 Å². The summed E-state index contributed by atoms with van der Waals surface area (Å²) in [4.78, 5) is 12.1. The van der Waals surface area contributed by atoms with Crippen LogP contribution in [0.4, 0.5) is 0 Å². The number of oxazole rings is 1. The van der Waals surface area contributed by atoms with Crippen LogP contribution in [-0.4, -0.2) is 15.0 Å². The number of aromatic amines is 1. The zero-order valence-corrected chi connectivity index (χ0v) is 13.0. The van der Waals surface area contributed by atoms with E-state index in [1.807, 2.05) is 6.20 Å². The predicted molar refractivity (Wildman–Crippen MR) is 85.6 cm³/mol. The SMILES string of the molecule is CCc1ncc(Cc2ccc(C(C)(C)C)c3ocnc23)[nH]1.[HH]. The van der Waals surface area contributed by atoms with E-state index in [-0.39, 0.29) is 6.84 Å². The summed E-state index contributed by atoms with van der Waals surface area (Å²) in [7, 11) is 0. The van der Waals surface area contributed by atoms with Crippen LogP contribution in [-0.2, 0) is 18.3 Å². The second-order valence-electron chi connectivity index (χ2n) is 6.44. The Kier molecular flexibility index (Phi) is 3.32. The fourth-order valence-electron chi connectivity index (χ4n) is 2.62. The quantitative estimate of drug-likeness (QED) is 0.782. The zero-order chi connectivity index (χ0) is 15.0. The van der Waals surface area contributed by atoms with Crippen molar-refractivity contribution in [2.45, 2.75) is 46.0 Å². The highest BCUT2D eigenvalue weighted by Crippen LogP contribution is 2.31. The van der Waals surface area contributed by atoms with Crippen molar-refractivity contribution in [1.82, 2.24) is 15.0 Å². The minimum atomic E-state index is 0. The van der Waals surface area contributed by atoms with Gasteiger partial charge in [-0.3, -0.25) is 0 Å². The number of fused-ring (bicyclic) bond motifs is 1. The minimum Gasteiger partial charge on any atom is -0.443 e. The number of rotatable bonds is 3. The molecule has 2 heterocycles. The molecule has 0 bridgehead atoms. The molecule has 0 amide bonds. The Labute approximate surface area is 126 Å². The van der Waals surface area contributed by atoms with E-state index in [1.165, 1.54) is 12.0 Å². The largest absolute Gasteiger partial charge is 0.443 e. The summed E-state index contributed by atoms with van der Waals surface area (Å²) < 4.78 is 5.64. The molecule has 4 nitrogen and oxygen atoms in total. The third kappa shape index (κ3) is 2.58. The highest BCUT2D eigenvalue weighted by molar-refractivity contribution is 5.81. The Morgan fingerprint density at radius 1 is 1.24 bits per heavy atom. The van der Waals surface area contributed by atoms with Gasteiger partial charge < -0.3 is 9.40 Å². The number of nitrogens with one attached hydrogen (secondary N) is 1. The summed E-state index contributed by atoms with van der Waals surface area (Å²) >= 11 is 0. The molecule has 1 aromatic carbocycles. The van der Waals surface area contributed by atoms with Gasteiger partial charge in [-0.25, -0.2) is 9.97 Å². The first-order valence-corrected chi connectivity index (χ1v) is 7.37. The minimum absolute atomic E-state index is 0. The van der Waals surface area contributed by atoms with Crippen molar-refractivity contribution >= 4 is 11.1 Å². The number of hydrogen-bond donors (Lipinski definition) is 1. The molecule has 4 heteroatoms. The Bertz CT molecular complexity index is 768. The van der Waals surface area contributed by atoms with E-state index in [0.717, 1.165) is 41.0 Å². The summed E-state index contributed by atoms with van der Waals surface area (Å²) in [5, 5.41) is 0. The number of H-pyrrole nitrogens is 1. The van der Waals surface area contributed by atoms with E-state index < -0.39 is 0 Å². The van der Waals surface area contributed by atoms with Crippen LogP contribution in [0.3, 0.4) is 0 Å². The van der Waals surface area contributed by atoms with Crippen molar-refractivity contribution in [2.75, 3.05) is 0 Å². The molecule has 0 spiro atoms. The van der Waals surface area contributed by atoms with Crippen molar-refractivity contribution in [1.29, 1.82) is 0 Å². The summed E-state index contributed by atoms with van der Waals surface area (Å²) in [6, 6.07) is 4.30. The average molecular weight is 285 g/mol. The second kappa shape index (κ2) is 5.02. The van der Waals surface area contributed by atoms with E-state index in [1.54, 1.807) is 0 Å². The molecular formula is C17H23N3O. The van der Waals surface area contributed by atoms with Gasteiger partial charge in [0.1, 0.15) is 11.3 Å². The van der Waals surface area contributed by atoms with Crippen molar-refractivity contribution < 1.29 is 5.84 Å². The molecule has 3 rings (SSSR count). The number of aromatic nitrogens is 3. The van der Waals surface area contributed by atoms with Crippen LogP contribution in [0.25, 0.3) is 11.1 Å². The van der Waals surface area contributed by atoms with Gasteiger partial charge in [-0.1, -0.05) is 39.8 Å². The van der Waals surface area contributed by atoms with Crippen LogP contribution in [0.2, 0.25) is 0 Å². The lowest BCUT2D eigenvalue weighted by Crippen LogP contribution is -2.11. The first-order valence-electron chi connectivity index (χ1n) is 7.37. The van der Waals surface area contributed by atoms with Crippen LogP contribution >= 0.6 is 0 Å². The second-order valence-corrected chi connectivity index (χ2v) is 6.44. The van der Waals surface area contributed by atoms with Crippen molar-refractivity contribution in [3.63, 3.8) is 0 Å². The smallest absolute Gasteiger partial charge is 0.182 e. The van der Waals surface area contributed by atoms with Crippen LogP contribution in [0.15, 0.2) is 29.1 Å². The number of nitrogens with zero attached hydrogens (tertiary/aromatic N) is 2. The number of imidazole rings is 1. The van der Waals surface area contributed by atoms with Gasteiger partial charge in [0.2, 0.25) is 0 Å². The lowest BCUT2D eigenvalue weighted by atomic mass is 9.85. The summed E-state index contributed by atoms with van der Waals surface area (Å²) in [6.07, 6.45) is 5.15. The molecule has 0 aliphatic carbocycles. The lowest BCUT2D eigenvalue weighted by molar-refractivity contribution is 0.554. The van der Waals surface area contributed by atoms with Crippen LogP contribution in [0.1, 0.15) is 51.8 Å².